The first kappa shape index (κ1) is 16.4. The van der Waals surface area contributed by atoms with Gasteiger partial charge in [0.25, 0.3) is 0 Å². The van der Waals surface area contributed by atoms with Crippen LogP contribution in [-0.4, -0.2) is 49.3 Å². The fraction of sp³-hybridized carbons (Fsp3) is 0.933. The summed E-state index contributed by atoms with van der Waals surface area (Å²) in [6.45, 7) is 8.74. The second-order valence-electron chi connectivity index (χ2n) is 5.92. The standard InChI is InChI=1S/C15H29N3O/c1-5-19-10-9-18(4)14-7-6-8-15(11-14,12-16)17-13(2)3/h13-14,17H,5-11H2,1-4H3. The fourth-order valence-electron chi connectivity index (χ4n) is 2.98. The first-order chi connectivity index (χ1) is 9.03. The lowest BCUT2D eigenvalue weighted by atomic mass is 9.79. The van der Waals surface area contributed by atoms with Crippen LogP contribution in [0.4, 0.5) is 0 Å². The Morgan fingerprint density at radius 3 is 2.84 bits per heavy atom. The molecule has 1 fully saturated rings. The van der Waals surface area contributed by atoms with E-state index in [0.29, 0.717) is 12.1 Å². The monoisotopic (exact) mass is 267 g/mol. The van der Waals surface area contributed by atoms with Crippen molar-refractivity contribution in [1.82, 2.24) is 10.2 Å². The summed E-state index contributed by atoms with van der Waals surface area (Å²) in [7, 11) is 2.15. The number of hydrogen-bond acceptors (Lipinski definition) is 4. The second-order valence-corrected chi connectivity index (χ2v) is 5.92. The summed E-state index contributed by atoms with van der Waals surface area (Å²) in [6.07, 6.45) is 4.20. The van der Waals surface area contributed by atoms with Crippen molar-refractivity contribution in [1.29, 1.82) is 5.26 Å². The Kier molecular flexibility index (Phi) is 6.78. The minimum Gasteiger partial charge on any atom is -0.380 e. The van der Waals surface area contributed by atoms with Gasteiger partial charge in [0, 0.05) is 25.2 Å². The van der Waals surface area contributed by atoms with Crippen LogP contribution in [0.1, 0.15) is 46.5 Å². The number of nitrogens with one attached hydrogen (secondary N) is 1. The molecule has 0 heterocycles. The van der Waals surface area contributed by atoms with Crippen LogP contribution in [0.2, 0.25) is 0 Å². The van der Waals surface area contributed by atoms with Crippen LogP contribution in [0.5, 0.6) is 0 Å². The van der Waals surface area contributed by atoms with Crippen molar-refractivity contribution in [2.24, 2.45) is 0 Å². The summed E-state index contributed by atoms with van der Waals surface area (Å²) in [6, 6.07) is 3.37. The molecule has 2 atom stereocenters. The van der Waals surface area contributed by atoms with E-state index in [1.807, 2.05) is 6.92 Å². The summed E-state index contributed by atoms with van der Waals surface area (Å²) in [5.41, 5.74) is -0.336. The number of likely N-dealkylation sites (N-methyl/N-ethyl adjacent to an activating group) is 1. The summed E-state index contributed by atoms with van der Waals surface area (Å²) >= 11 is 0. The molecule has 0 saturated heterocycles. The number of ether oxygens (including phenoxy) is 1. The minimum atomic E-state index is -0.336. The summed E-state index contributed by atoms with van der Waals surface area (Å²) in [5, 5.41) is 13.0. The van der Waals surface area contributed by atoms with Gasteiger partial charge in [0.05, 0.1) is 12.7 Å². The molecule has 0 radical (unpaired) electrons. The van der Waals surface area contributed by atoms with Crippen molar-refractivity contribution < 1.29 is 4.74 Å². The zero-order valence-electron chi connectivity index (χ0n) is 12.9. The van der Waals surface area contributed by atoms with E-state index in [1.54, 1.807) is 0 Å². The molecule has 0 bridgehead atoms. The molecule has 2 unspecified atom stereocenters. The average molecular weight is 267 g/mol. The van der Waals surface area contributed by atoms with E-state index in [9.17, 15) is 5.26 Å². The highest BCUT2D eigenvalue weighted by Crippen LogP contribution is 2.30. The predicted octanol–water partition coefficient (Wildman–Crippen LogP) is 2.16. The highest BCUT2D eigenvalue weighted by molar-refractivity contribution is 5.11. The predicted molar refractivity (Wildman–Crippen MR) is 78.0 cm³/mol. The Morgan fingerprint density at radius 1 is 1.53 bits per heavy atom. The zero-order valence-corrected chi connectivity index (χ0v) is 12.9. The van der Waals surface area contributed by atoms with Gasteiger partial charge >= 0.3 is 0 Å². The summed E-state index contributed by atoms with van der Waals surface area (Å²) in [4.78, 5) is 2.35. The van der Waals surface area contributed by atoms with Crippen LogP contribution in [0.25, 0.3) is 0 Å². The molecule has 4 heteroatoms. The van der Waals surface area contributed by atoms with Gasteiger partial charge in [-0.15, -0.1) is 0 Å². The molecule has 0 aromatic carbocycles. The zero-order chi connectivity index (χ0) is 14.3. The van der Waals surface area contributed by atoms with Gasteiger partial charge in [-0.05, 0) is 53.5 Å². The van der Waals surface area contributed by atoms with Crippen molar-refractivity contribution in [3.63, 3.8) is 0 Å². The topological polar surface area (TPSA) is 48.3 Å². The van der Waals surface area contributed by atoms with Crippen LogP contribution in [0.15, 0.2) is 0 Å². The third-order valence-electron chi connectivity index (χ3n) is 3.92. The minimum absolute atomic E-state index is 0.336. The van der Waals surface area contributed by atoms with Crippen molar-refractivity contribution in [2.45, 2.75) is 64.1 Å². The van der Waals surface area contributed by atoms with Crippen LogP contribution in [-0.2, 0) is 4.74 Å². The quantitative estimate of drug-likeness (QED) is 0.718. The van der Waals surface area contributed by atoms with Crippen LogP contribution in [0.3, 0.4) is 0 Å². The van der Waals surface area contributed by atoms with Gasteiger partial charge in [0.15, 0.2) is 0 Å². The highest BCUT2D eigenvalue weighted by atomic mass is 16.5. The fourth-order valence-corrected chi connectivity index (χ4v) is 2.98. The number of nitrogens with zero attached hydrogens (tertiary/aromatic N) is 2. The number of rotatable bonds is 7. The van der Waals surface area contributed by atoms with Crippen LogP contribution < -0.4 is 5.32 Å². The second kappa shape index (κ2) is 7.84. The van der Waals surface area contributed by atoms with Crippen molar-refractivity contribution in [3.8, 4) is 6.07 Å². The lowest BCUT2D eigenvalue weighted by Crippen LogP contribution is -2.54. The van der Waals surface area contributed by atoms with Crippen LogP contribution >= 0.6 is 0 Å². The molecule has 0 aromatic rings. The van der Waals surface area contributed by atoms with Gasteiger partial charge in [-0.25, -0.2) is 0 Å². The molecule has 1 aliphatic carbocycles. The Morgan fingerprint density at radius 2 is 2.26 bits per heavy atom. The van der Waals surface area contributed by atoms with E-state index in [2.05, 4.69) is 37.2 Å². The summed E-state index contributed by atoms with van der Waals surface area (Å²) in [5.74, 6) is 0. The lowest BCUT2D eigenvalue weighted by Gasteiger charge is -2.41. The molecule has 0 amide bonds. The van der Waals surface area contributed by atoms with E-state index in [4.69, 9.17) is 4.74 Å². The Bertz CT molecular complexity index is 300. The van der Waals surface area contributed by atoms with E-state index >= 15 is 0 Å². The number of hydrogen-bond donors (Lipinski definition) is 1. The summed E-state index contributed by atoms with van der Waals surface area (Å²) < 4.78 is 5.42. The normalized spacial score (nSPS) is 27.7. The smallest absolute Gasteiger partial charge is 0.108 e. The molecule has 19 heavy (non-hydrogen) atoms. The molecular weight excluding hydrogens is 238 g/mol. The molecule has 0 aliphatic heterocycles. The highest BCUT2D eigenvalue weighted by Gasteiger charge is 2.38. The molecule has 1 aliphatic rings. The third kappa shape index (κ3) is 5.10. The van der Waals surface area contributed by atoms with Gasteiger partial charge in [0.2, 0.25) is 0 Å². The molecule has 0 spiro atoms. The Labute approximate surface area is 118 Å². The third-order valence-corrected chi connectivity index (χ3v) is 3.92. The molecule has 110 valence electrons. The Hall–Kier alpha value is -0.630. The van der Waals surface area contributed by atoms with Gasteiger partial charge in [-0.3, -0.25) is 5.32 Å². The van der Waals surface area contributed by atoms with E-state index in [0.717, 1.165) is 39.0 Å². The van der Waals surface area contributed by atoms with E-state index in [-0.39, 0.29) is 5.54 Å². The molecule has 4 nitrogen and oxygen atoms in total. The average Bonchev–Trinajstić information content (AvgIpc) is 2.38. The Balaban J connectivity index is 2.54. The maximum absolute atomic E-state index is 9.55. The molecular formula is C15H29N3O. The van der Waals surface area contributed by atoms with E-state index in [1.165, 1.54) is 6.42 Å². The SMILES string of the molecule is CCOCCN(C)C1CCCC(C#N)(NC(C)C)C1. The van der Waals surface area contributed by atoms with Gasteiger partial charge in [-0.1, -0.05) is 0 Å². The molecule has 1 saturated carbocycles. The van der Waals surface area contributed by atoms with Gasteiger partial charge in [-0.2, -0.15) is 5.26 Å². The van der Waals surface area contributed by atoms with Crippen molar-refractivity contribution in [3.05, 3.63) is 0 Å². The largest absolute Gasteiger partial charge is 0.380 e. The van der Waals surface area contributed by atoms with Gasteiger partial charge in [0.1, 0.15) is 5.54 Å². The number of nitriles is 1. The molecule has 1 N–H and O–H groups in total. The first-order valence-electron chi connectivity index (χ1n) is 7.50. The molecule has 0 aromatic heterocycles. The van der Waals surface area contributed by atoms with Gasteiger partial charge < -0.3 is 9.64 Å². The first-order valence-corrected chi connectivity index (χ1v) is 7.50. The lowest BCUT2D eigenvalue weighted by molar-refractivity contribution is 0.0840. The maximum atomic E-state index is 9.55. The van der Waals surface area contributed by atoms with E-state index < -0.39 is 0 Å². The van der Waals surface area contributed by atoms with Crippen molar-refractivity contribution >= 4 is 0 Å². The maximum Gasteiger partial charge on any atom is 0.108 e. The molecule has 1 rings (SSSR count). The van der Waals surface area contributed by atoms with Crippen molar-refractivity contribution in [2.75, 3.05) is 26.8 Å². The van der Waals surface area contributed by atoms with Crippen LogP contribution in [0, 0.1) is 11.3 Å².